The van der Waals surface area contributed by atoms with Gasteiger partial charge in [0.2, 0.25) is 0 Å². The third-order valence-corrected chi connectivity index (χ3v) is 1.31. The minimum atomic E-state index is -0.637. The van der Waals surface area contributed by atoms with E-state index < -0.39 is 11.9 Å². The molecule has 0 bridgehead atoms. The molecular weight excluding hydrogens is 139 g/mol. The summed E-state index contributed by atoms with van der Waals surface area (Å²) in [6.45, 7) is 2.86. The molecular formula is C5H9O3P. The highest BCUT2D eigenvalue weighted by Gasteiger charge is 2.16. The Morgan fingerprint density at radius 2 is 2.00 bits per heavy atom. The van der Waals surface area contributed by atoms with Crippen molar-refractivity contribution in [1.29, 1.82) is 0 Å². The van der Waals surface area contributed by atoms with Crippen LogP contribution in [0.5, 0.6) is 0 Å². The molecule has 0 radical (unpaired) electrons. The van der Waals surface area contributed by atoms with Gasteiger partial charge in [-0.15, -0.1) is 0 Å². The van der Waals surface area contributed by atoms with Crippen molar-refractivity contribution in [2.45, 2.75) is 13.8 Å². The lowest BCUT2D eigenvalue weighted by Crippen LogP contribution is -2.17. The van der Waals surface area contributed by atoms with Crippen LogP contribution in [0.15, 0.2) is 0 Å². The first-order valence-electron chi connectivity index (χ1n) is 2.50. The van der Waals surface area contributed by atoms with Gasteiger partial charge in [0, 0.05) is 0 Å². The van der Waals surface area contributed by atoms with Gasteiger partial charge in [-0.2, -0.15) is 0 Å². The number of carbonyl (C=O) groups is 2. The lowest BCUT2D eigenvalue weighted by molar-refractivity contribution is -0.141. The smallest absolute Gasteiger partial charge is 0.318 e. The minimum Gasteiger partial charge on any atom is -0.451 e. The van der Waals surface area contributed by atoms with Gasteiger partial charge in [0.25, 0.3) is 0 Å². The Kier molecular flexibility index (Phi) is 3.40. The molecule has 0 heterocycles. The van der Waals surface area contributed by atoms with Crippen molar-refractivity contribution >= 4 is 21.2 Å². The normalized spacial score (nSPS) is 12.3. The summed E-state index contributed by atoms with van der Waals surface area (Å²) in [5.74, 6) is -1.32. The molecule has 0 spiro atoms. The van der Waals surface area contributed by atoms with Crippen molar-refractivity contribution in [3.63, 3.8) is 0 Å². The maximum absolute atomic E-state index is 10.5. The standard InChI is InChI=1S/C5H9O3P/c1-3(4(2)6)5(7)8-9/h3H,9H2,1-2H3. The minimum absolute atomic E-state index is 0.178. The second-order valence-electron chi connectivity index (χ2n) is 1.77. The Morgan fingerprint density at radius 3 is 2.11 bits per heavy atom. The second kappa shape index (κ2) is 3.57. The molecule has 4 heteroatoms. The van der Waals surface area contributed by atoms with E-state index >= 15 is 0 Å². The number of rotatable bonds is 2. The summed E-state index contributed by atoms with van der Waals surface area (Å²) in [5.41, 5.74) is 0. The van der Waals surface area contributed by atoms with Gasteiger partial charge < -0.3 is 4.52 Å². The average molecular weight is 148 g/mol. The molecule has 0 aliphatic carbocycles. The van der Waals surface area contributed by atoms with Gasteiger partial charge in [-0.25, -0.2) is 0 Å². The summed E-state index contributed by atoms with van der Waals surface area (Å²) in [5, 5.41) is 0. The van der Waals surface area contributed by atoms with Crippen molar-refractivity contribution in [3.8, 4) is 0 Å². The van der Waals surface area contributed by atoms with Crippen molar-refractivity contribution in [1.82, 2.24) is 0 Å². The Labute approximate surface area is 56.1 Å². The Morgan fingerprint density at radius 1 is 1.56 bits per heavy atom. The monoisotopic (exact) mass is 148 g/mol. The number of carbonyl (C=O) groups excluding carboxylic acids is 2. The van der Waals surface area contributed by atoms with E-state index in [2.05, 4.69) is 4.52 Å². The fourth-order valence-electron chi connectivity index (χ4n) is 0.268. The van der Waals surface area contributed by atoms with Gasteiger partial charge in [0.05, 0.1) is 9.47 Å². The van der Waals surface area contributed by atoms with Crippen LogP contribution in [0, 0.1) is 5.92 Å². The van der Waals surface area contributed by atoms with E-state index in [1.807, 2.05) is 0 Å². The summed E-state index contributed by atoms with van der Waals surface area (Å²) in [6.07, 6.45) is 0. The number of Topliss-reactive ketones (excluding diaryl/α,β-unsaturated/α-hetero) is 1. The van der Waals surface area contributed by atoms with Gasteiger partial charge in [-0.3, -0.25) is 9.59 Å². The van der Waals surface area contributed by atoms with Crippen molar-refractivity contribution < 1.29 is 14.1 Å². The van der Waals surface area contributed by atoms with E-state index in [9.17, 15) is 9.59 Å². The summed E-state index contributed by atoms with van der Waals surface area (Å²) in [6, 6.07) is 0. The zero-order valence-electron chi connectivity index (χ0n) is 5.38. The van der Waals surface area contributed by atoms with Gasteiger partial charge in [-0.05, 0) is 13.8 Å². The number of hydrogen-bond acceptors (Lipinski definition) is 3. The van der Waals surface area contributed by atoms with Crippen LogP contribution >= 0.6 is 9.47 Å². The van der Waals surface area contributed by atoms with Gasteiger partial charge in [-0.1, -0.05) is 0 Å². The highest BCUT2D eigenvalue weighted by Crippen LogP contribution is 2.01. The van der Waals surface area contributed by atoms with E-state index in [1.165, 1.54) is 13.8 Å². The molecule has 2 unspecified atom stereocenters. The molecule has 0 aromatic carbocycles. The first-order chi connectivity index (χ1) is 4.09. The first kappa shape index (κ1) is 8.57. The van der Waals surface area contributed by atoms with E-state index in [1.54, 1.807) is 9.47 Å². The maximum atomic E-state index is 10.5. The first-order valence-corrected chi connectivity index (χ1v) is 2.97. The van der Waals surface area contributed by atoms with Gasteiger partial charge >= 0.3 is 5.97 Å². The average Bonchev–Trinajstić information content (AvgIpc) is 1.84. The molecule has 9 heavy (non-hydrogen) atoms. The van der Waals surface area contributed by atoms with Crippen molar-refractivity contribution in [2.75, 3.05) is 0 Å². The maximum Gasteiger partial charge on any atom is 0.318 e. The third-order valence-electron chi connectivity index (χ3n) is 1.08. The predicted molar refractivity (Wildman–Crippen MR) is 35.6 cm³/mol. The van der Waals surface area contributed by atoms with E-state index in [0.717, 1.165) is 0 Å². The highest BCUT2D eigenvalue weighted by atomic mass is 31.0. The molecule has 52 valence electrons. The molecule has 0 aliphatic rings. The van der Waals surface area contributed by atoms with Crippen LogP contribution in [-0.2, 0) is 14.1 Å². The van der Waals surface area contributed by atoms with Crippen LogP contribution in [0.1, 0.15) is 13.8 Å². The highest BCUT2D eigenvalue weighted by molar-refractivity contribution is 7.10. The number of hydrogen-bond donors (Lipinski definition) is 0. The van der Waals surface area contributed by atoms with E-state index in [4.69, 9.17) is 0 Å². The van der Waals surface area contributed by atoms with Crippen LogP contribution in [0.3, 0.4) is 0 Å². The summed E-state index contributed by atoms with van der Waals surface area (Å²) >= 11 is 0. The molecule has 2 atom stereocenters. The summed E-state index contributed by atoms with van der Waals surface area (Å²) < 4.78 is 4.23. The van der Waals surface area contributed by atoms with Crippen molar-refractivity contribution in [2.24, 2.45) is 5.92 Å². The Hall–Kier alpha value is -0.430. The van der Waals surface area contributed by atoms with Crippen molar-refractivity contribution in [3.05, 3.63) is 0 Å². The second-order valence-corrected chi connectivity index (χ2v) is 2.00. The molecule has 0 aromatic rings. The topological polar surface area (TPSA) is 43.4 Å². The van der Waals surface area contributed by atoms with Crippen LogP contribution in [0.2, 0.25) is 0 Å². The Balaban J connectivity index is 3.88. The van der Waals surface area contributed by atoms with Gasteiger partial charge in [0.1, 0.15) is 11.7 Å². The zero-order chi connectivity index (χ0) is 7.44. The predicted octanol–water partition coefficient (Wildman–Crippen LogP) is 0.545. The number of ketones is 1. The van der Waals surface area contributed by atoms with E-state index in [0.29, 0.717) is 0 Å². The lowest BCUT2D eigenvalue weighted by Gasteiger charge is -2.01. The fourth-order valence-corrected chi connectivity index (χ4v) is 0.472. The summed E-state index contributed by atoms with van der Waals surface area (Å²) in [4.78, 5) is 20.9. The van der Waals surface area contributed by atoms with Gasteiger partial charge in [0.15, 0.2) is 0 Å². The molecule has 0 rings (SSSR count). The largest absolute Gasteiger partial charge is 0.451 e. The third kappa shape index (κ3) is 2.56. The molecule has 3 nitrogen and oxygen atoms in total. The lowest BCUT2D eigenvalue weighted by atomic mass is 10.1. The fraction of sp³-hybridized carbons (Fsp3) is 0.600. The molecule has 0 saturated heterocycles. The molecule has 0 amide bonds. The Bertz CT molecular complexity index is 132. The van der Waals surface area contributed by atoms with Crippen LogP contribution in [0.25, 0.3) is 0 Å². The quantitative estimate of drug-likeness (QED) is 0.424. The summed E-state index contributed by atoms with van der Waals surface area (Å²) in [7, 11) is 1.81. The molecule has 0 fully saturated rings. The molecule has 0 saturated carbocycles. The van der Waals surface area contributed by atoms with E-state index in [-0.39, 0.29) is 5.78 Å². The molecule has 0 aromatic heterocycles. The SMILES string of the molecule is CC(=O)C(C)C(=O)OP. The van der Waals surface area contributed by atoms with Crippen LogP contribution in [-0.4, -0.2) is 11.8 Å². The van der Waals surface area contributed by atoms with Crippen LogP contribution < -0.4 is 0 Å². The zero-order valence-corrected chi connectivity index (χ0v) is 6.53. The molecule has 0 N–H and O–H groups in total. The van der Waals surface area contributed by atoms with Crippen LogP contribution in [0.4, 0.5) is 0 Å². The molecule has 0 aliphatic heterocycles.